The van der Waals surface area contributed by atoms with Crippen LogP contribution in [0.25, 0.3) is 0 Å². The standard InChI is InChI=1S/C14H20N4S/c1-4-15-14-17-16-13(19-14)10-18(5-2)12-8-6-7-11(3)9-12/h6-9H,4-5,10H2,1-3H3,(H,15,17). The van der Waals surface area contributed by atoms with Crippen LogP contribution in [0.1, 0.15) is 24.4 Å². The lowest BCUT2D eigenvalue weighted by Gasteiger charge is -2.21. The highest BCUT2D eigenvalue weighted by atomic mass is 32.1. The third-order valence-corrected chi connectivity index (χ3v) is 3.74. The zero-order valence-electron chi connectivity index (χ0n) is 11.7. The Morgan fingerprint density at radius 2 is 2.11 bits per heavy atom. The van der Waals surface area contributed by atoms with E-state index in [4.69, 9.17) is 0 Å². The minimum atomic E-state index is 0.809. The van der Waals surface area contributed by atoms with Crippen molar-refractivity contribution in [2.24, 2.45) is 0 Å². The topological polar surface area (TPSA) is 41.1 Å². The van der Waals surface area contributed by atoms with Crippen LogP contribution in [0.5, 0.6) is 0 Å². The van der Waals surface area contributed by atoms with Crippen LogP contribution in [0.4, 0.5) is 10.8 Å². The molecule has 1 aromatic carbocycles. The van der Waals surface area contributed by atoms with Crippen molar-refractivity contribution in [2.75, 3.05) is 23.3 Å². The molecule has 2 rings (SSSR count). The molecule has 1 aromatic heterocycles. The maximum atomic E-state index is 4.23. The monoisotopic (exact) mass is 276 g/mol. The highest BCUT2D eigenvalue weighted by Gasteiger charge is 2.09. The third-order valence-electron chi connectivity index (χ3n) is 2.87. The normalized spacial score (nSPS) is 10.5. The van der Waals surface area contributed by atoms with E-state index in [-0.39, 0.29) is 0 Å². The number of anilines is 2. The van der Waals surface area contributed by atoms with E-state index in [0.717, 1.165) is 29.8 Å². The van der Waals surface area contributed by atoms with E-state index >= 15 is 0 Å². The van der Waals surface area contributed by atoms with Crippen molar-refractivity contribution in [3.05, 3.63) is 34.8 Å². The number of hydrogen-bond acceptors (Lipinski definition) is 5. The lowest BCUT2D eigenvalue weighted by molar-refractivity contribution is 0.811. The molecule has 102 valence electrons. The fraction of sp³-hybridized carbons (Fsp3) is 0.429. The van der Waals surface area contributed by atoms with Gasteiger partial charge in [-0.3, -0.25) is 0 Å². The molecule has 0 saturated carbocycles. The molecule has 2 aromatic rings. The van der Waals surface area contributed by atoms with Gasteiger partial charge in [0.15, 0.2) is 0 Å². The van der Waals surface area contributed by atoms with E-state index in [1.54, 1.807) is 11.3 Å². The lowest BCUT2D eigenvalue weighted by Crippen LogP contribution is -2.21. The van der Waals surface area contributed by atoms with Crippen molar-refractivity contribution < 1.29 is 0 Å². The second-order valence-electron chi connectivity index (χ2n) is 4.38. The summed E-state index contributed by atoms with van der Waals surface area (Å²) in [6.07, 6.45) is 0. The molecule has 0 bridgehead atoms. The average molecular weight is 276 g/mol. The van der Waals surface area contributed by atoms with Crippen molar-refractivity contribution in [3.8, 4) is 0 Å². The van der Waals surface area contributed by atoms with Gasteiger partial charge in [-0.05, 0) is 38.5 Å². The molecule has 0 saturated heterocycles. The van der Waals surface area contributed by atoms with Crippen molar-refractivity contribution >= 4 is 22.2 Å². The van der Waals surface area contributed by atoms with E-state index < -0.39 is 0 Å². The van der Waals surface area contributed by atoms with Crippen LogP contribution >= 0.6 is 11.3 Å². The number of aromatic nitrogens is 2. The minimum absolute atomic E-state index is 0.809. The van der Waals surface area contributed by atoms with Gasteiger partial charge >= 0.3 is 0 Å². The van der Waals surface area contributed by atoms with Crippen LogP contribution < -0.4 is 10.2 Å². The average Bonchev–Trinajstić information content (AvgIpc) is 2.84. The molecule has 0 spiro atoms. The second-order valence-corrected chi connectivity index (χ2v) is 5.45. The summed E-state index contributed by atoms with van der Waals surface area (Å²) >= 11 is 1.63. The van der Waals surface area contributed by atoms with Gasteiger partial charge in [-0.25, -0.2) is 0 Å². The molecule has 4 nitrogen and oxygen atoms in total. The van der Waals surface area contributed by atoms with Crippen LogP contribution in [0.2, 0.25) is 0 Å². The number of aryl methyl sites for hydroxylation is 1. The van der Waals surface area contributed by atoms with Crippen molar-refractivity contribution in [2.45, 2.75) is 27.3 Å². The Hall–Kier alpha value is -1.62. The molecule has 0 aliphatic heterocycles. The van der Waals surface area contributed by atoms with Gasteiger partial charge in [0, 0.05) is 18.8 Å². The molecule has 5 heteroatoms. The summed E-state index contributed by atoms with van der Waals surface area (Å²) in [4.78, 5) is 2.31. The predicted molar refractivity (Wildman–Crippen MR) is 82.0 cm³/mol. The number of nitrogens with one attached hydrogen (secondary N) is 1. The van der Waals surface area contributed by atoms with E-state index in [1.807, 2.05) is 0 Å². The van der Waals surface area contributed by atoms with Crippen LogP contribution in [0.15, 0.2) is 24.3 Å². The molecular formula is C14H20N4S. The van der Waals surface area contributed by atoms with E-state index in [1.165, 1.54) is 11.3 Å². The Balaban J connectivity index is 2.09. The van der Waals surface area contributed by atoms with Gasteiger partial charge in [-0.15, -0.1) is 10.2 Å². The van der Waals surface area contributed by atoms with Crippen molar-refractivity contribution in [1.82, 2.24) is 10.2 Å². The maximum Gasteiger partial charge on any atom is 0.205 e. The fourth-order valence-electron chi connectivity index (χ4n) is 1.91. The Bertz CT molecular complexity index is 524. The number of benzene rings is 1. The molecular weight excluding hydrogens is 256 g/mol. The molecule has 0 atom stereocenters. The van der Waals surface area contributed by atoms with E-state index in [2.05, 4.69) is 65.5 Å². The largest absolute Gasteiger partial charge is 0.365 e. The maximum absolute atomic E-state index is 4.23. The molecule has 0 unspecified atom stereocenters. The Morgan fingerprint density at radius 3 is 2.79 bits per heavy atom. The smallest absolute Gasteiger partial charge is 0.205 e. The van der Waals surface area contributed by atoms with Gasteiger partial charge in [0.2, 0.25) is 5.13 Å². The van der Waals surface area contributed by atoms with Crippen molar-refractivity contribution in [3.63, 3.8) is 0 Å². The molecule has 0 aliphatic carbocycles. The molecule has 1 heterocycles. The van der Waals surface area contributed by atoms with E-state index in [0.29, 0.717) is 0 Å². The first kappa shape index (κ1) is 13.8. The van der Waals surface area contributed by atoms with Gasteiger partial charge in [-0.2, -0.15) is 0 Å². The van der Waals surface area contributed by atoms with Gasteiger partial charge in [0.25, 0.3) is 0 Å². The van der Waals surface area contributed by atoms with Gasteiger partial charge < -0.3 is 10.2 Å². The summed E-state index contributed by atoms with van der Waals surface area (Å²) in [6.45, 7) is 8.99. The Kier molecular flexibility index (Phi) is 4.74. The second kappa shape index (κ2) is 6.52. The minimum Gasteiger partial charge on any atom is -0.365 e. The van der Waals surface area contributed by atoms with Gasteiger partial charge in [0.1, 0.15) is 5.01 Å². The summed E-state index contributed by atoms with van der Waals surface area (Å²) < 4.78 is 0. The molecule has 0 radical (unpaired) electrons. The molecule has 0 amide bonds. The summed E-state index contributed by atoms with van der Waals surface area (Å²) in [5, 5.41) is 13.5. The highest BCUT2D eigenvalue weighted by Crippen LogP contribution is 2.21. The van der Waals surface area contributed by atoms with Crippen LogP contribution in [0, 0.1) is 6.92 Å². The number of hydrogen-bond donors (Lipinski definition) is 1. The number of nitrogens with zero attached hydrogens (tertiary/aromatic N) is 3. The summed E-state index contributed by atoms with van der Waals surface area (Å²) in [5.41, 5.74) is 2.52. The first-order valence-corrected chi connectivity index (χ1v) is 7.42. The summed E-state index contributed by atoms with van der Waals surface area (Å²) in [6, 6.07) is 8.56. The first-order valence-electron chi connectivity index (χ1n) is 6.60. The van der Waals surface area contributed by atoms with E-state index in [9.17, 15) is 0 Å². The quantitative estimate of drug-likeness (QED) is 0.879. The highest BCUT2D eigenvalue weighted by molar-refractivity contribution is 7.15. The van der Waals surface area contributed by atoms with Crippen LogP contribution in [-0.2, 0) is 6.54 Å². The summed E-state index contributed by atoms with van der Waals surface area (Å²) in [7, 11) is 0. The fourth-order valence-corrected chi connectivity index (χ4v) is 2.74. The Morgan fingerprint density at radius 1 is 1.26 bits per heavy atom. The van der Waals surface area contributed by atoms with Gasteiger partial charge in [0.05, 0.1) is 6.54 Å². The zero-order valence-corrected chi connectivity index (χ0v) is 12.5. The molecule has 1 N–H and O–H groups in total. The first-order chi connectivity index (χ1) is 9.22. The lowest BCUT2D eigenvalue weighted by atomic mass is 10.2. The van der Waals surface area contributed by atoms with Crippen LogP contribution in [0.3, 0.4) is 0 Å². The molecule has 0 fully saturated rings. The molecule has 0 aliphatic rings. The Labute approximate surface area is 118 Å². The van der Waals surface area contributed by atoms with Gasteiger partial charge in [-0.1, -0.05) is 23.5 Å². The number of rotatable bonds is 6. The van der Waals surface area contributed by atoms with Crippen LogP contribution in [-0.4, -0.2) is 23.3 Å². The third kappa shape index (κ3) is 3.67. The summed E-state index contributed by atoms with van der Waals surface area (Å²) in [5.74, 6) is 0. The zero-order chi connectivity index (χ0) is 13.7. The molecule has 19 heavy (non-hydrogen) atoms. The predicted octanol–water partition coefficient (Wildman–Crippen LogP) is 3.30. The van der Waals surface area contributed by atoms with Crippen molar-refractivity contribution in [1.29, 1.82) is 0 Å². The SMILES string of the molecule is CCNc1nnc(CN(CC)c2cccc(C)c2)s1.